The number of hydrogen-bond donors (Lipinski definition) is 1. The fourth-order valence-electron chi connectivity index (χ4n) is 3.92. The molecule has 0 amide bonds. The first kappa shape index (κ1) is 16.0. The normalized spacial score (nSPS) is 26.2. The SMILES string of the molecule is Cc1cc(C)c(C)c(S(=O)(=O)N2CCC3CNCC3C2)c1C. The van der Waals surface area contributed by atoms with Crippen LogP contribution in [-0.2, 0) is 10.0 Å². The Morgan fingerprint density at radius 2 is 1.64 bits per heavy atom. The van der Waals surface area contributed by atoms with Gasteiger partial charge in [0.1, 0.15) is 0 Å². The van der Waals surface area contributed by atoms with Crippen LogP contribution in [-0.4, -0.2) is 38.9 Å². The van der Waals surface area contributed by atoms with Crippen LogP contribution in [0.2, 0.25) is 0 Å². The number of benzene rings is 1. The summed E-state index contributed by atoms with van der Waals surface area (Å²) in [6.07, 6.45) is 0.972. The lowest BCUT2D eigenvalue weighted by Gasteiger charge is -2.34. The Hall–Kier alpha value is -0.910. The molecule has 5 heteroatoms. The summed E-state index contributed by atoms with van der Waals surface area (Å²) in [5.41, 5.74) is 3.91. The summed E-state index contributed by atoms with van der Waals surface area (Å²) in [6, 6.07) is 2.08. The van der Waals surface area contributed by atoms with Crippen LogP contribution in [0.4, 0.5) is 0 Å². The maximum Gasteiger partial charge on any atom is 0.243 e. The average Bonchev–Trinajstić information content (AvgIpc) is 2.92. The number of sulfonamides is 1. The third-order valence-electron chi connectivity index (χ3n) is 5.56. The second-order valence-electron chi connectivity index (χ2n) is 6.92. The van der Waals surface area contributed by atoms with Gasteiger partial charge in [-0.3, -0.25) is 0 Å². The van der Waals surface area contributed by atoms with Gasteiger partial charge in [0.25, 0.3) is 0 Å². The topological polar surface area (TPSA) is 49.4 Å². The van der Waals surface area contributed by atoms with Gasteiger partial charge in [0.05, 0.1) is 4.90 Å². The van der Waals surface area contributed by atoms with Gasteiger partial charge in [0.2, 0.25) is 10.0 Å². The van der Waals surface area contributed by atoms with Gasteiger partial charge >= 0.3 is 0 Å². The van der Waals surface area contributed by atoms with E-state index < -0.39 is 10.0 Å². The van der Waals surface area contributed by atoms with Crippen LogP contribution < -0.4 is 5.32 Å². The van der Waals surface area contributed by atoms with E-state index in [1.54, 1.807) is 4.31 Å². The highest BCUT2D eigenvalue weighted by molar-refractivity contribution is 7.89. The van der Waals surface area contributed by atoms with Crippen molar-refractivity contribution >= 4 is 10.0 Å². The number of aryl methyl sites for hydroxylation is 2. The number of nitrogens with zero attached hydrogens (tertiary/aromatic N) is 1. The highest BCUT2D eigenvalue weighted by Gasteiger charge is 2.38. The summed E-state index contributed by atoms with van der Waals surface area (Å²) in [6.45, 7) is 11.1. The molecule has 2 atom stereocenters. The molecule has 2 fully saturated rings. The molecule has 2 aliphatic rings. The zero-order valence-electron chi connectivity index (χ0n) is 13.9. The van der Waals surface area contributed by atoms with Crippen LogP contribution in [0, 0.1) is 39.5 Å². The lowest BCUT2D eigenvalue weighted by atomic mass is 9.90. The molecule has 0 aromatic heterocycles. The van der Waals surface area contributed by atoms with Crippen LogP contribution in [0.15, 0.2) is 11.0 Å². The van der Waals surface area contributed by atoms with E-state index >= 15 is 0 Å². The maximum absolute atomic E-state index is 13.2. The lowest BCUT2D eigenvalue weighted by Crippen LogP contribution is -2.43. The van der Waals surface area contributed by atoms with Crippen LogP contribution in [0.25, 0.3) is 0 Å². The van der Waals surface area contributed by atoms with Crippen molar-refractivity contribution in [2.24, 2.45) is 11.8 Å². The molecule has 1 aromatic rings. The van der Waals surface area contributed by atoms with E-state index in [0.29, 0.717) is 29.8 Å². The minimum Gasteiger partial charge on any atom is -0.316 e. The first-order valence-electron chi connectivity index (χ1n) is 8.10. The van der Waals surface area contributed by atoms with Gasteiger partial charge in [-0.05, 0) is 81.3 Å². The molecular weight excluding hydrogens is 296 g/mol. The van der Waals surface area contributed by atoms with Crippen molar-refractivity contribution in [1.82, 2.24) is 9.62 Å². The molecular formula is C17H26N2O2S. The smallest absolute Gasteiger partial charge is 0.243 e. The summed E-state index contributed by atoms with van der Waals surface area (Å²) in [5.74, 6) is 1.11. The number of piperidine rings is 1. The van der Waals surface area contributed by atoms with Gasteiger partial charge in [-0.1, -0.05) is 6.07 Å². The molecule has 22 heavy (non-hydrogen) atoms. The van der Waals surface area contributed by atoms with Gasteiger partial charge in [0, 0.05) is 13.1 Å². The zero-order valence-corrected chi connectivity index (χ0v) is 14.8. The summed E-state index contributed by atoms with van der Waals surface area (Å²) in [7, 11) is -3.40. The third kappa shape index (κ3) is 2.49. The van der Waals surface area contributed by atoms with E-state index in [4.69, 9.17) is 0 Å². The molecule has 4 nitrogen and oxygen atoms in total. The standard InChI is InChI=1S/C17H26N2O2S/c1-11-7-12(2)14(4)17(13(11)3)22(20,21)19-6-5-15-8-18-9-16(15)10-19/h7,15-16,18H,5-6,8-10H2,1-4H3. The Bertz CT molecular complexity index is 671. The molecule has 0 spiro atoms. The largest absolute Gasteiger partial charge is 0.316 e. The van der Waals surface area contributed by atoms with Crippen LogP contribution in [0.5, 0.6) is 0 Å². The van der Waals surface area contributed by atoms with Gasteiger partial charge in [-0.15, -0.1) is 0 Å². The van der Waals surface area contributed by atoms with Crippen molar-refractivity contribution < 1.29 is 8.42 Å². The van der Waals surface area contributed by atoms with Crippen molar-refractivity contribution in [3.05, 3.63) is 28.3 Å². The number of nitrogens with one attached hydrogen (secondary N) is 1. The van der Waals surface area contributed by atoms with E-state index in [0.717, 1.165) is 41.8 Å². The molecule has 0 saturated carbocycles. The van der Waals surface area contributed by atoms with Crippen molar-refractivity contribution in [2.75, 3.05) is 26.2 Å². The molecule has 1 aromatic carbocycles. The zero-order chi connectivity index (χ0) is 16.1. The number of fused-ring (bicyclic) bond motifs is 1. The highest BCUT2D eigenvalue weighted by atomic mass is 32.2. The third-order valence-corrected chi connectivity index (χ3v) is 7.70. The number of rotatable bonds is 2. The lowest BCUT2D eigenvalue weighted by molar-refractivity contribution is 0.227. The molecule has 2 unspecified atom stereocenters. The van der Waals surface area contributed by atoms with E-state index in [-0.39, 0.29) is 0 Å². The molecule has 2 aliphatic heterocycles. The van der Waals surface area contributed by atoms with Crippen LogP contribution >= 0.6 is 0 Å². The molecule has 2 saturated heterocycles. The van der Waals surface area contributed by atoms with E-state index in [1.165, 1.54) is 0 Å². The van der Waals surface area contributed by atoms with E-state index in [9.17, 15) is 8.42 Å². The maximum atomic E-state index is 13.2. The Labute approximate surface area is 134 Å². The minimum atomic E-state index is -3.40. The molecule has 0 radical (unpaired) electrons. The van der Waals surface area contributed by atoms with Gasteiger partial charge in [-0.25, -0.2) is 8.42 Å². The summed E-state index contributed by atoms with van der Waals surface area (Å²) in [5, 5.41) is 3.40. The van der Waals surface area contributed by atoms with Crippen LogP contribution in [0.3, 0.4) is 0 Å². The molecule has 2 heterocycles. The van der Waals surface area contributed by atoms with Gasteiger partial charge in [-0.2, -0.15) is 4.31 Å². The van der Waals surface area contributed by atoms with Crippen molar-refractivity contribution in [3.63, 3.8) is 0 Å². The van der Waals surface area contributed by atoms with Crippen LogP contribution in [0.1, 0.15) is 28.7 Å². The minimum absolute atomic E-state index is 0.468. The van der Waals surface area contributed by atoms with Gasteiger partial charge in [0.15, 0.2) is 0 Å². The van der Waals surface area contributed by atoms with Crippen molar-refractivity contribution in [2.45, 2.75) is 39.0 Å². The average molecular weight is 322 g/mol. The fourth-order valence-corrected chi connectivity index (χ4v) is 6.00. The number of hydrogen-bond acceptors (Lipinski definition) is 3. The molecule has 0 bridgehead atoms. The van der Waals surface area contributed by atoms with E-state index in [1.807, 2.05) is 27.7 Å². The molecule has 122 valence electrons. The Kier molecular flexibility index (Phi) is 4.08. The first-order valence-corrected chi connectivity index (χ1v) is 9.54. The molecule has 0 aliphatic carbocycles. The Balaban J connectivity index is 2.00. The highest BCUT2D eigenvalue weighted by Crippen LogP contribution is 2.33. The Morgan fingerprint density at radius 1 is 1.05 bits per heavy atom. The second kappa shape index (κ2) is 5.62. The second-order valence-corrected chi connectivity index (χ2v) is 8.79. The fraction of sp³-hybridized carbons (Fsp3) is 0.647. The Morgan fingerprint density at radius 3 is 2.27 bits per heavy atom. The summed E-state index contributed by atoms with van der Waals surface area (Å²) < 4.78 is 28.2. The molecule has 3 rings (SSSR count). The van der Waals surface area contributed by atoms with Crippen molar-refractivity contribution in [1.29, 1.82) is 0 Å². The van der Waals surface area contributed by atoms with Gasteiger partial charge < -0.3 is 5.32 Å². The summed E-state index contributed by atoms with van der Waals surface area (Å²) in [4.78, 5) is 0.536. The van der Waals surface area contributed by atoms with Crippen molar-refractivity contribution in [3.8, 4) is 0 Å². The summed E-state index contributed by atoms with van der Waals surface area (Å²) >= 11 is 0. The first-order chi connectivity index (χ1) is 10.3. The quantitative estimate of drug-likeness (QED) is 0.908. The monoisotopic (exact) mass is 322 g/mol. The predicted molar refractivity (Wildman–Crippen MR) is 88.6 cm³/mol. The van der Waals surface area contributed by atoms with E-state index in [2.05, 4.69) is 11.4 Å². The molecule has 1 N–H and O–H groups in total. The predicted octanol–water partition coefficient (Wildman–Crippen LogP) is 2.15.